The van der Waals surface area contributed by atoms with E-state index in [4.69, 9.17) is 0 Å². The first-order chi connectivity index (χ1) is 6.16. The third-order valence-electron chi connectivity index (χ3n) is 1.57. The van der Waals surface area contributed by atoms with Crippen LogP contribution in [0.25, 0.3) is 0 Å². The van der Waals surface area contributed by atoms with Crippen molar-refractivity contribution in [3.8, 4) is 0 Å². The van der Waals surface area contributed by atoms with Crippen molar-refractivity contribution < 1.29 is 4.92 Å². The number of hydrogen-bond acceptors (Lipinski definition) is 4. The Morgan fingerprint density at radius 1 is 1.62 bits per heavy atom. The van der Waals surface area contributed by atoms with Gasteiger partial charge in [0.05, 0.1) is 10.1 Å². The number of isothiocyanates is 1. The molecule has 0 amide bonds. The fourth-order valence-corrected chi connectivity index (χ4v) is 1.12. The van der Waals surface area contributed by atoms with Crippen molar-refractivity contribution in [2.75, 3.05) is 0 Å². The third-order valence-corrected chi connectivity index (χ3v) is 1.66. The molecule has 0 aliphatic heterocycles. The number of aryl methyl sites for hydroxylation is 1. The summed E-state index contributed by atoms with van der Waals surface area (Å²) in [5, 5.41) is 12.7. The second-order valence-electron chi connectivity index (χ2n) is 2.40. The van der Waals surface area contributed by atoms with Crippen LogP contribution in [0.5, 0.6) is 0 Å². The number of para-hydroxylation sites is 1. The van der Waals surface area contributed by atoms with E-state index in [1.165, 1.54) is 6.07 Å². The van der Waals surface area contributed by atoms with Crippen LogP contribution in [0.3, 0.4) is 0 Å². The van der Waals surface area contributed by atoms with Crippen LogP contribution in [0.2, 0.25) is 0 Å². The second-order valence-corrected chi connectivity index (χ2v) is 2.59. The smallest absolute Gasteiger partial charge is 0.258 e. The molecule has 0 aliphatic rings. The van der Waals surface area contributed by atoms with Gasteiger partial charge in [-0.05, 0) is 25.2 Å². The van der Waals surface area contributed by atoms with Crippen molar-refractivity contribution in [3.63, 3.8) is 0 Å². The monoisotopic (exact) mass is 194 g/mol. The van der Waals surface area contributed by atoms with E-state index in [1.54, 1.807) is 19.1 Å². The Hall–Kier alpha value is -1.58. The van der Waals surface area contributed by atoms with Crippen LogP contribution < -0.4 is 0 Å². The van der Waals surface area contributed by atoms with Gasteiger partial charge in [0.25, 0.3) is 5.69 Å². The van der Waals surface area contributed by atoms with E-state index in [0.29, 0.717) is 5.56 Å². The summed E-state index contributed by atoms with van der Waals surface area (Å²) in [6.07, 6.45) is 0. The van der Waals surface area contributed by atoms with Crippen molar-refractivity contribution in [1.82, 2.24) is 0 Å². The van der Waals surface area contributed by atoms with Crippen LogP contribution >= 0.6 is 12.2 Å². The molecule has 13 heavy (non-hydrogen) atoms. The molecule has 1 rings (SSSR count). The van der Waals surface area contributed by atoms with Crippen LogP contribution in [-0.2, 0) is 0 Å². The predicted molar refractivity (Wildman–Crippen MR) is 52.5 cm³/mol. The average molecular weight is 194 g/mol. The van der Waals surface area contributed by atoms with E-state index in [-0.39, 0.29) is 11.4 Å². The van der Waals surface area contributed by atoms with Gasteiger partial charge in [0.15, 0.2) is 5.69 Å². The number of nitrogens with zero attached hydrogens (tertiary/aromatic N) is 2. The summed E-state index contributed by atoms with van der Waals surface area (Å²) in [5.74, 6) is 0. The largest absolute Gasteiger partial charge is 0.298 e. The molecule has 0 heterocycles. The number of nitro benzene ring substituents is 1. The SMILES string of the molecule is Cc1cccc(N=C=S)c1[N+](=O)[O-]. The van der Waals surface area contributed by atoms with Crippen LogP contribution in [0.1, 0.15) is 5.56 Å². The van der Waals surface area contributed by atoms with Crippen molar-refractivity contribution >= 4 is 28.8 Å². The quantitative estimate of drug-likeness (QED) is 0.315. The average Bonchev–Trinajstić information content (AvgIpc) is 2.04. The molecule has 4 nitrogen and oxygen atoms in total. The second kappa shape index (κ2) is 3.89. The number of rotatable bonds is 2. The van der Waals surface area contributed by atoms with Gasteiger partial charge in [0.1, 0.15) is 0 Å². The molecule has 0 spiro atoms. The number of hydrogen-bond donors (Lipinski definition) is 0. The Morgan fingerprint density at radius 3 is 2.85 bits per heavy atom. The summed E-state index contributed by atoms with van der Waals surface area (Å²) in [4.78, 5) is 13.7. The summed E-state index contributed by atoms with van der Waals surface area (Å²) in [7, 11) is 0. The van der Waals surface area contributed by atoms with E-state index < -0.39 is 4.92 Å². The maximum atomic E-state index is 10.6. The molecule has 0 saturated heterocycles. The van der Waals surface area contributed by atoms with Crippen molar-refractivity contribution in [1.29, 1.82) is 0 Å². The van der Waals surface area contributed by atoms with Crippen LogP contribution in [0.15, 0.2) is 23.2 Å². The van der Waals surface area contributed by atoms with Gasteiger partial charge in [-0.2, -0.15) is 4.99 Å². The molecule has 5 heteroatoms. The molecule has 1 aromatic rings. The third kappa shape index (κ3) is 1.96. The summed E-state index contributed by atoms with van der Waals surface area (Å²) < 4.78 is 0. The summed E-state index contributed by atoms with van der Waals surface area (Å²) in [6, 6.07) is 4.87. The zero-order valence-electron chi connectivity index (χ0n) is 6.85. The summed E-state index contributed by atoms with van der Waals surface area (Å²) in [6.45, 7) is 1.65. The molecular weight excluding hydrogens is 188 g/mol. The van der Waals surface area contributed by atoms with Gasteiger partial charge in [-0.3, -0.25) is 10.1 Å². The Kier molecular flexibility index (Phi) is 2.84. The highest BCUT2D eigenvalue weighted by atomic mass is 32.1. The van der Waals surface area contributed by atoms with Gasteiger partial charge in [0.2, 0.25) is 0 Å². The van der Waals surface area contributed by atoms with Crippen molar-refractivity contribution in [2.45, 2.75) is 6.92 Å². The molecular formula is C8H6N2O2S. The van der Waals surface area contributed by atoms with Gasteiger partial charge < -0.3 is 0 Å². The fraction of sp³-hybridized carbons (Fsp3) is 0.125. The zero-order valence-corrected chi connectivity index (χ0v) is 7.67. The Morgan fingerprint density at radius 2 is 2.31 bits per heavy atom. The molecule has 0 N–H and O–H groups in total. The summed E-state index contributed by atoms with van der Waals surface area (Å²) >= 11 is 4.38. The molecule has 66 valence electrons. The van der Waals surface area contributed by atoms with E-state index in [9.17, 15) is 10.1 Å². The normalized spacial score (nSPS) is 9.00. The maximum absolute atomic E-state index is 10.6. The first kappa shape index (κ1) is 9.51. The van der Waals surface area contributed by atoms with Crippen LogP contribution in [-0.4, -0.2) is 10.1 Å². The molecule has 0 atom stereocenters. The number of aliphatic imine (C=N–C) groups is 1. The molecule has 0 saturated carbocycles. The minimum atomic E-state index is -0.471. The van der Waals surface area contributed by atoms with Crippen molar-refractivity contribution in [2.24, 2.45) is 4.99 Å². The van der Waals surface area contributed by atoms with E-state index in [2.05, 4.69) is 22.4 Å². The molecule has 0 bridgehead atoms. The topological polar surface area (TPSA) is 55.5 Å². The Bertz CT molecular complexity index is 397. The van der Waals surface area contributed by atoms with Gasteiger partial charge in [-0.1, -0.05) is 12.1 Å². The highest BCUT2D eigenvalue weighted by molar-refractivity contribution is 7.78. The predicted octanol–water partition coefficient (Wildman–Crippen LogP) is 2.64. The molecule has 1 aromatic carbocycles. The number of thiocarbonyl (C=S) groups is 1. The summed E-state index contributed by atoms with van der Waals surface area (Å²) in [5.41, 5.74) is 0.802. The standard InChI is InChI=1S/C8H6N2O2S/c1-6-3-2-4-7(9-5-13)8(6)10(11)12/h2-4H,1H3. The Balaban J connectivity index is 3.42. The first-order valence-electron chi connectivity index (χ1n) is 3.48. The highest BCUT2D eigenvalue weighted by Gasteiger charge is 2.15. The molecule has 0 aliphatic carbocycles. The molecule has 0 unspecified atom stereocenters. The van der Waals surface area contributed by atoms with Crippen LogP contribution in [0.4, 0.5) is 11.4 Å². The van der Waals surface area contributed by atoms with Crippen LogP contribution in [0, 0.1) is 17.0 Å². The highest BCUT2D eigenvalue weighted by Crippen LogP contribution is 2.29. The zero-order chi connectivity index (χ0) is 9.84. The lowest BCUT2D eigenvalue weighted by atomic mass is 10.2. The van der Waals surface area contributed by atoms with Gasteiger partial charge >= 0.3 is 0 Å². The van der Waals surface area contributed by atoms with Gasteiger partial charge in [-0.15, -0.1) is 0 Å². The van der Waals surface area contributed by atoms with E-state index >= 15 is 0 Å². The van der Waals surface area contributed by atoms with E-state index in [0.717, 1.165) is 0 Å². The van der Waals surface area contributed by atoms with Gasteiger partial charge in [-0.25, -0.2) is 0 Å². The maximum Gasteiger partial charge on any atom is 0.298 e. The first-order valence-corrected chi connectivity index (χ1v) is 3.89. The molecule has 0 fully saturated rings. The van der Waals surface area contributed by atoms with Gasteiger partial charge in [0, 0.05) is 5.56 Å². The van der Waals surface area contributed by atoms with Crippen molar-refractivity contribution in [3.05, 3.63) is 33.9 Å². The minimum Gasteiger partial charge on any atom is -0.258 e. The lowest BCUT2D eigenvalue weighted by molar-refractivity contribution is -0.384. The number of benzene rings is 1. The molecule has 0 radical (unpaired) electrons. The molecule has 0 aromatic heterocycles. The number of nitro groups is 1. The lowest BCUT2D eigenvalue weighted by Crippen LogP contribution is -1.91. The van der Waals surface area contributed by atoms with E-state index in [1.807, 2.05) is 0 Å². The Labute approximate surface area is 80.1 Å². The minimum absolute atomic E-state index is 0.0140. The fourth-order valence-electron chi connectivity index (χ4n) is 1.02. The lowest BCUT2D eigenvalue weighted by Gasteiger charge is -1.97.